The van der Waals surface area contributed by atoms with Crippen LogP contribution in [-0.2, 0) is 6.54 Å². The zero-order valence-corrected chi connectivity index (χ0v) is 10.6. The largest absolute Gasteiger partial charge is 0.399 e. The summed E-state index contributed by atoms with van der Waals surface area (Å²) in [5, 5.41) is 4.41. The molecule has 0 bridgehead atoms. The molecule has 0 saturated carbocycles. The number of aromatic amines is 1. The first kappa shape index (κ1) is 12.4. The third kappa shape index (κ3) is 2.98. The summed E-state index contributed by atoms with van der Waals surface area (Å²) in [5.41, 5.74) is 8.39. The first-order chi connectivity index (χ1) is 8.54. The van der Waals surface area contributed by atoms with E-state index < -0.39 is 0 Å². The molecule has 0 aliphatic rings. The molecule has 0 fully saturated rings. The lowest BCUT2D eigenvalue weighted by Crippen LogP contribution is -2.23. The summed E-state index contributed by atoms with van der Waals surface area (Å²) in [5.74, 6) is -0.211. The molecule has 1 aromatic heterocycles. The van der Waals surface area contributed by atoms with Crippen LogP contribution in [0.5, 0.6) is 0 Å². The zero-order valence-electron chi connectivity index (χ0n) is 9.82. The second kappa shape index (κ2) is 5.05. The van der Waals surface area contributed by atoms with Gasteiger partial charge >= 0.3 is 4.87 Å². The van der Waals surface area contributed by atoms with Crippen LogP contribution in [0.25, 0.3) is 0 Å². The quantitative estimate of drug-likeness (QED) is 0.728. The maximum atomic E-state index is 11.9. The molecular formula is C12H13N3O2S. The number of nitrogens with two attached hydrogens (primary N) is 1. The molecule has 0 spiro atoms. The van der Waals surface area contributed by atoms with Crippen molar-refractivity contribution in [2.24, 2.45) is 0 Å². The monoisotopic (exact) mass is 263 g/mol. The fourth-order valence-corrected chi connectivity index (χ4v) is 2.20. The fraction of sp³-hybridized carbons (Fsp3) is 0.167. The second-order valence-corrected chi connectivity index (χ2v) is 4.83. The van der Waals surface area contributed by atoms with Crippen LogP contribution in [0.15, 0.2) is 28.4 Å². The SMILES string of the molecule is Cc1cc(N)cc(C(=O)NCc2csc(=O)[nH]2)c1. The number of H-pyrrole nitrogens is 1. The highest BCUT2D eigenvalue weighted by atomic mass is 32.1. The fourth-order valence-electron chi connectivity index (χ4n) is 1.62. The van der Waals surface area contributed by atoms with Crippen LogP contribution in [-0.4, -0.2) is 10.9 Å². The number of thiazole rings is 1. The van der Waals surface area contributed by atoms with Crippen LogP contribution in [0, 0.1) is 6.92 Å². The van der Waals surface area contributed by atoms with E-state index in [2.05, 4.69) is 10.3 Å². The lowest BCUT2D eigenvalue weighted by molar-refractivity contribution is 0.0950. The highest BCUT2D eigenvalue weighted by Gasteiger charge is 2.07. The second-order valence-electron chi connectivity index (χ2n) is 3.99. The molecule has 94 valence electrons. The normalized spacial score (nSPS) is 10.3. The highest BCUT2D eigenvalue weighted by Crippen LogP contribution is 2.11. The Labute approximate surface area is 108 Å². The van der Waals surface area contributed by atoms with E-state index in [-0.39, 0.29) is 10.8 Å². The van der Waals surface area contributed by atoms with E-state index >= 15 is 0 Å². The van der Waals surface area contributed by atoms with Crippen molar-refractivity contribution in [2.75, 3.05) is 5.73 Å². The van der Waals surface area contributed by atoms with Gasteiger partial charge in [0, 0.05) is 22.3 Å². The van der Waals surface area contributed by atoms with Crippen LogP contribution in [0.4, 0.5) is 5.69 Å². The van der Waals surface area contributed by atoms with E-state index in [9.17, 15) is 9.59 Å². The molecule has 0 saturated heterocycles. The van der Waals surface area contributed by atoms with Gasteiger partial charge in [0.05, 0.1) is 6.54 Å². The Bertz CT molecular complexity index is 610. The predicted octanol–water partition coefficient (Wildman–Crippen LogP) is 1.26. The Morgan fingerprint density at radius 3 is 2.83 bits per heavy atom. The maximum Gasteiger partial charge on any atom is 0.304 e. The van der Waals surface area contributed by atoms with E-state index in [4.69, 9.17) is 5.73 Å². The van der Waals surface area contributed by atoms with E-state index in [0.29, 0.717) is 23.5 Å². The molecule has 2 aromatic rings. The minimum absolute atomic E-state index is 0.126. The van der Waals surface area contributed by atoms with Crippen molar-refractivity contribution in [3.05, 3.63) is 50.1 Å². The van der Waals surface area contributed by atoms with Crippen molar-refractivity contribution in [1.29, 1.82) is 0 Å². The number of aromatic nitrogens is 1. The van der Waals surface area contributed by atoms with Gasteiger partial charge in [-0.05, 0) is 30.7 Å². The number of carbonyl (C=O) groups excluding carboxylic acids is 1. The molecule has 0 aliphatic carbocycles. The van der Waals surface area contributed by atoms with Gasteiger partial charge < -0.3 is 16.0 Å². The summed E-state index contributed by atoms with van der Waals surface area (Å²) in [7, 11) is 0. The molecule has 2 rings (SSSR count). The summed E-state index contributed by atoms with van der Waals surface area (Å²) in [6.07, 6.45) is 0. The van der Waals surface area contributed by atoms with E-state index in [1.54, 1.807) is 23.6 Å². The molecule has 0 atom stereocenters. The Balaban J connectivity index is 2.05. The van der Waals surface area contributed by atoms with E-state index in [1.165, 1.54) is 0 Å². The number of hydrogen-bond donors (Lipinski definition) is 3. The molecule has 5 nitrogen and oxygen atoms in total. The topological polar surface area (TPSA) is 88.0 Å². The van der Waals surface area contributed by atoms with Crippen molar-refractivity contribution in [3.8, 4) is 0 Å². The summed E-state index contributed by atoms with van der Waals surface area (Å²) in [6.45, 7) is 2.18. The molecule has 0 unspecified atom stereocenters. The van der Waals surface area contributed by atoms with Crippen LogP contribution >= 0.6 is 11.3 Å². The summed E-state index contributed by atoms with van der Waals surface area (Å²) in [4.78, 5) is 25.3. The van der Waals surface area contributed by atoms with Gasteiger partial charge in [0.1, 0.15) is 0 Å². The number of aryl methyl sites for hydroxylation is 1. The van der Waals surface area contributed by atoms with Crippen molar-refractivity contribution >= 4 is 22.9 Å². The van der Waals surface area contributed by atoms with Gasteiger partial charge in [0.25, 0.3) is 5.91 Å². The summed E-state index contributed by atoms with van der Waals surface area (Å²) >= 11 is 1.07. The van der Waals surface area contributed by atoms with Gasteiger partial charge in [-0.15, -0.1) is 0 Å². The minimum atomic E-state index is -0.211. The minimum Gasteiger partial charge on any atom is -0.399 e. The van der Waals surface area contributed by atoms with Crippen molar-refractivity contribution in [3.63, 3.8) is 0 Å². The number of rotatable bonds is 3. The smallest absolute Gasteiger partial charge is 0.304 e. The number of nitrogens with one attached hydrogen (secondary N) is 2. The van der Waals surface area contributed by atoms with Gasteiger partial charge in [-0.2, -0.15) is 0 Å². The Hall–Kier alpha value is -2.08. The number of benzene rings is 1. The molecule has 1 aromatic carbocycles. The van der Waals surface area contributed by atoms with Crippen molar-refractivity contribution < 1.29 is 4.79 Å². The molecule has 1 heterocycles. The standard InChI is InChI=1S/C12H13N3O2S/c1-7-2-8(4-9(13)3-7)11(16)14-5-10-6-18-12(17)15-10/h2-4,6H,5,13H2,1H3,(H,14,16)(H,15,17). The van der Waals surface area contributed by atoms with E-state index in [1.807, 2.05) is 6.92 Å². The van der Waals surface area contributed by atoms with Gasteiger partial charge in [0.15, 0.2) is 0 Å². The molecule has 0 radical (unpaired) electrons. The molecule has 6 heteroatoms. The van der Waals surface area contributed by atoms with Crippen molar-refractivity contribution in [2.45, 2.75) is 13.5 Å². The van der Waals surface area contributed by atoms with Gasteiger partial charge in [-0.25, -0.2) is 0 Å². The molecule has 1 amide bonds. The maximum absolute atomic E-state index is 11.9. The third-order valence-electron chi connectivity index (χ3n) is 2.37. The molecule has 18 heavy (non-hydrogen) atoms. The Morgan fingerprint density at radius 2 is 2.22 bits per heavy atom. The number of hydrogen-bond acceptors (Lipinski definition) is 4. The highest BCUT2D eigenvalue weighted by molar-refractivity contribution is 7.07. The molecule has 4 N–H and O–H groups in total. The number of anilines is 1. The number of amides is 1. The van der Waals surface area contributed by atoms with Crippen LogP contribution in [0.3, 0.4) is 0 Å². The summed E-state index contributed by atoms with van der Waals surface area (Å²) in [6, 6.07) is 5.19. The van der Waals surface area contributed by atoms with Gasteiger partial charge in [0.2, 0.25) is 0 Å². The van der Waals surface area contributed by atoms with E-state index in [0.717, 1.165) is 16.9 Å². The van der Waals surface area contributed by atoms with Gasteiger partial charge in [-0.3, -0.25) is 9.59 Å². The first-order valence-corrected chi connectivity index (χ1v) is 6.24. The third-order valence-corrected chi connectivity index (χ3v) is 3.09. The van der Waals surface area contributed by atoms with Crippen LogP contribution < -0.4 is 15.9 Å². The Kier molecular flexibility index (Phi) is 3.47. The molecule has 0 aliphatic heterocycles. The Morgan fingerprint density at radius 1 is 1.44 bits per heavy atom. The lowest BCUT2D eigenvalue weighted by atomic mass is 10.1. The first-order valence-electron chi connectivity index (χ1n) is 5.36. The average Bonchev–Trinajstić information content (AvgIpc) is 2.70. The predicted molar refractivity (Wildman–Crippen MR) is 71.7 cm³/mol. The summed E-state index contributed by atoms with van der Waals surface area (Å²) < 4.78 is 0. The van der Waals surface area contributed by atoms with Crippen LogP contribution in [0.2, 0.25) is 0 Å². The lowest BCUT2D eigenvalue weighted by Gasteiger charge is -2.05. The van der Waals surface area contributed by atoms with Crippen LogP contribution in [0.1, 0.15) is 21.6 Å². The van der Waals surface area contributed by atoms with Gasteiger partial charge in [-0.1, -0.05) is 11.3 Å². The zero-order chi connectivity index (χ0) is 13.1. The number of carbonyl (C=O) groups is 1. The average molecular weight is 263 g/mol. The number of nitrogen functional groups attached to an aromatic ring is 1. The van der Waals surface area contributed by atoms with Crippen molar-refractivity contribution in [1.82, 2.24) is 10.3 Å². The molecular weight excluding hydrogens is 250 g/mol.